The van der Waals surface area contributed by atoms with E-state index in [0.717, 1.165) is 28.1 Å². The highest BCUT2D eigenvalue weighted by atomic mass is 32.2. The second-order valence-electron chi connectivity index (χ2n) is 7.98. The molecule has 0 saturated carbocycles. The number of sulfonamides is 1. The smallest absolute Gasteiger partial charge is 0.416 e. The fraction of sp³-hybridized carbons (Fsp3) is 0.269. The van der Waals surface area contributed by atoms with Crippen LogP contribution in [0.5, 0.6) is 11.5 Å². The van der Waals surface area contributed by atoms with E-state index in [9.17, 15) is 26.4 Å². The lowest BCUT2D eigenvalue weighted by atomic mass is 10.0. The van der Waals surface area contributed by atoms with E-state index in [2.05, 4.69) is 0 Å². The number of carboxylic acid groups (broad SMARTS) is 1. The number of nitrogens with zero attached hydrogens (tertiary/aromatic N) is 1. The van der Waals surface area contributed by atoms with E-state index in [1.165, 1.54) is 0 Å². The number of aliphatic hydroxyl groups is 1. The predicted octanol–water partition coefficient (Wildman–Crippen LogP) is 4.81. The van der Waals surface area contributed by atoms with Crippen molar-refractivity contribution in [3.63, 3.8) is 0 Å². The van der Waals surface area contributed by atoms with E-state index in [-0.39, 0.29) is 38.5 Å². The Morgan fingerprint density at radius 3 is 2.39 bits per heavy atom. The number of halogens is 3. The number of fused-ring (bicyclic) bond motifs is 1. The minimum Gasteiger partial charge on any atom is -0.491 e. The van der Waals surface area contributed by atoms with E-state index >= 15 is 0 Å². The van der Waals surface area contributed by atoms with Gasteiger partial charge in [0.25, 0.3) is 10.0 Å². The molecule has 2 N–H and O–H groups in total. The number of anilines is 1. The molecule has 0 atom stereocenters. The first-order valence-electron chi connectivity index (χ1n) is 11.5. The van der Waals surface area contributed by atoms with Crippen LogP contribution in [-0.4, -0.2) is 51.0 Å². The van der Waals surface area contributed by atoms with Crippen LogP contribution >= 0.6 is 0 Å². The molecule has 0 fully saturated rings. The van der Waals surface area contributed by atoms with E-state index in [1.807, 2.05) is 6.07 Å². The van der Waals surface area contributed by atoms with Crippen LogP contribution in [0.3, 0.4) is 0 Å². The Bertz CT molecular complexity index is 1380. The van der Waals surface area contributed by atoms with Crippen molar-refractivity contribution in [2.75, 3.05) is 30.7 Å². The summed E-state index contributed by atoms with van der Waals surface area (Å²) in [7, 11) is -4.28. The maximum absolute atomic E-state index is 13.3. The maximum Gasteiger partial charge on any atom is 0.416 e. The summed E-state index contributed by atoms with van der Waals surface area (Å²) in [6.07, 6.45) is -4.44. The Morgan fingerprint density at radius 1 is 1.05 bits per heavy atom. The van der Waals surface area contributed by atoms with Crippen molar-refractivity contribution in [3.8, 4) is 22.6 Å². The van der Waals surface area contributed by atoms with Crippen LogP contribution in [0.1, 0.15) is 18.9 Å². The van der Waals surface area contributed by atoms with Gasteiger partial charge in [0.15, 0.2) is 0 Å². The molecule has 38 heavy (non-hydrogen) atoms. The summed E-state index contributed by atoms with van der Waals surface area (Å²) >= 11 is 0. The molecule has 204 valence electrons. The second-order valence-corrected chi connectivity index (χ2v) is 9.84. The quantitative estimate of drug-likeness (QED) is 0.432. The van der Waals surface area contributed by atoms with Crippen molar-refractivity contribution in [3.05, 3.63) is 72.3 Å². The predicted molar refractivity (Wildman–Crippen MR) is 134 cm³/mol. The third-order valence-electron chi connectivity index (χ3n) is 5.36. The normalized spacial score (nSPS) is 13.0. The third-order valence-corrected chi connectivity index (χ3v) is 7.17. The fourth-order valence-electron chi connectivity index (χ4n) is 3.51. The van der Waals surface area contributed by atoms with Crippen molar-refractivity contribution in [2.24, 2.45) is 0 Å². The number of hydrogen-bond acceptors (Lipinski definition) is 6. The first-order chi connectivity index (χ1) is 18.0. The molecule has 1 aliphatic rings. The zero-order chi connectivity index (χ0) is 27.9. The van der Waals surface area contributed by atoms with Gasteiger partial charge >= 0.3 is 12.1 Å². The highest BCUT2D eigenvalue weighted by molar-refractivity contribution is 7.92. The van der Waals surface area contributed by atoms with Gasteiger partial charge in [0.1, 0.15) is 24.7 Å². The number of ether oxygens (including phenoxy) is 2. The zero-order valence-corrected chi connectivity index (χ0v) is 21.1. The summed E-state index contributed by atoms with van der Waals surface area (Å²) in [6.45, 7) is 1.61. The summed E-state index contributed by atoms with van der Waals surface area (Å²) in [6, 6.07) is 15.7. The van der Waals surface area contributed by atoms with Gasteiger partial charge in [0.2, 0.25) is 0 Å². The lowest BCUT2D eigenvalue weighted by molar-refractivity contribution is -0.138. The van der Waals surface area contributed by atoms with Crippen LogP contribution in [0.25, 0.3) is 11.1 Å². The van der Waals surface area contributed by atoms with Gasteiger partial charge in [-0.05, 0) is 53.6 Å². The SMILES string of the molecule is CCC(=O)O.O=S(=O)(c1cccc(C(F)(F)F)c1)N1CCOc2ccc(-c3cccc(OCCO)c3)cc21. The van der Waals surface area contributed by atoms with Gasteiger partial charge < -0.3 is 19.7 Å². The Morgan fingerprint density at radius 2 is 1.74 bits per heavy atom. The van der Waals surface area contributed by atoms with Crippen LogP contribution in [0.4, 0.5) is 18.9 Å². The summed E-state index contributed by atoms with van der Waals surface area (Å²) in [5.74, 6) is 0.0993. The van der Waals surface area contributed by atoms with Crippen LogP contribution < -0.4 is 13.8 Å². The molecule has 0 bridgehead atoms. The summed E-state index contributed by atoms with van der Waals surface area (Å²) in [4.78, 5) is 8.92. The number of carboxylic acids is 1. The maximum atomic E-state index is 13.3. The Kier molecular flexibility index (Phi) is 9.23. The van der Waals surface area contributed by atoms with Crippen molar-refractivity contribution in [1.29, 1.82) is 0 Å². The van der Waals surface area contributed by atoms with Gasteiger partial charge in [-0.2, -0.15) is 13.2 Å². The molecule has 0 aromatic heterocycles. The molecule has 12 heteroatoms. The lowest BCUT2D eigenvalue weighted by Gasteiger charge is -2.31. The molecule has 8 nitrogen and oxygen atoms in total. The molecule has 1 heterocycles. The van der Waals surface area contributed by atoms with Gasteiger partial charge in [-0.3, -0.25) is 9.10 Å². The van der Waals surface area contributed by atoms with E-state index in [4.69, 9.17) is 19.7 Å². The van der Waals surface area contributed by atoms with Crippen molar-refractivity contribution < 1.29 is 46.1 Å². The van der Waals surface area contributed by atoms with Crippen LogP contribution in [0.2, 0.25) is 0 Å². The molecule has 0 spiro atoms. The monoisotopic (exact) mass is 553 g/mol. The molecule has 0 radical (unpaired) electrons. The topological polar surface area (TPSA) is 113 Å². The average Bonchev–Trinajstić information content (AvgIpc) is 2.91. The third kappa shape index (κ3) is 6.95. The largest absolute Gasteiger partial charge is 0.491 e. The Balaban J connectivity index is 0.000000732. The lowest BCUT2D eigenvalue weighted by Crippen LogP contribution is -2.38. The molecule has 0 unspecified atom stereocenters. The molecule has 1 aliphatic heterocycles. The number of aliphatic hydroxyl groups excluding tert-OH is 1. The Hall–Kier alpha value is -3.77. The molecule has 0 aliphatic carbocycles. The van der Waals surface area contributed by atoms with Gasteiger partial charge in [0, 0.05) is 6.42 Å². The molecule has 4 rings (SSSR count). The van der Waals surface area contributed by atoms with Gasteiger partial charge in [0.05, 0.1) is 29.3 Å². The van der Waals surface area contributed by atoms with Crippen molar-refractivity contribution in [1.82, 2.24) is 0 Å². The number of hydrogen-bond donors (Lipinski definition) is 2. The molecule has 0 saturated heterocycles. The molecule has 3 aromatic rings. The van der Waals surface area contributed by atoms with Gasteiger partial charge in [-0.1, -0.05) is 31.2 Å². The van der Waals surface area contributed by atoms with E-state index < -0.39 is 32.6 Å². The zero-order valence-electron chi connectivity index (χ0n) is 20.3. The summed E-state index contributed by atoms with van der Waals surface area (Å²) in [5, 5.41) is 16.7. The summed E-state index contributed by atoms with van der Waals surface area (Å²) in [5.41, 5.74) is 0.594. The highest BCUT2D eigenvalue weighted by Crippen LogP contribution is 2.39. The molecule has 0 amide bonds. The number of carbonyl (C=O) groups is 1. The standard InChI is InChI=1S/C23H20F3NO5S.C3H6O2/c24-23(25,26)18-4-2-6-20(15-18)33(29,30)27-9-11-32-22-8-7-17(14-21(22)27)16-3-1-5-19(13-16)31-12-10-28;1-2-3(4)5/h1-8,13-15,28H,9-12H2;2H2,1H3,(H,4,5). The molecule has 3 aromatic carbocycles. The molecular formula is C26H26F3NO7S. The second kappa shape index (κ2) is 12.2. The van der Waals surface area contributed by atoms with Crippen LogP contribution in [0, 0.1) is 0 Å². The number of benzene rings is 3. The fourth-order valence-corrected chi connectivity index (χ4v) is 5.01. The minimum absolute atomic E-state index is 0.0469. The van der Waals surface area contributed by atoms with E-state index in [1.54, 1.807) is 43.3 Å². The summed E-state index contributed by atoms with van der Waals surface area (Å²) < 4.78 is 78.1. The van der Waals surface area contributed by atoms with Crippen molar-refractivity contribution >= 4 is 21.7 Å². The number of rotatable bonds is 7. The van der Waals surface area contributed by atoms with Gasteiger partial charge in [-0.25, -0.2) is 8.42 Å². The van der Waals surface area contributed by atoms with Crippen molar-refractivity contribution in [2.45, 2.75) is 24.4 Å². The van der Waals surface area contributed by atoms with Crippen LogP contribution in [0.15, 0.2) is 71.6 Å². The average molecular weight is 554 g/mol. The minimum atomic E-state index is -4.66. The number of aliphatic carboxylic acids is 1. The van der Waals surface area contributed by atoms with Gasteiger partial charge in [-0.15, -0.1) is 0 Å². The first-order valence-corrected chi connectivity index (χ1v) is 12.9. The Labute approximate surface area is 217 Å². The molecular weight excluding hydrogens is 527 g/mol. The van der Waals surface area contributed by atoms with Crippen LogP contribution in [-0.2, 0) is 21.0 Å². The first kappa shape index (κ1) is 28.8. The number of alkyl halides is 3. The van der Waals surface area contributed by atoms with E-state index in [0.29, 0.717) is 23.1 Å². The highest BCUT2D eigenvalue weighted by Gasteiger charge is 2.34.